The van der Waals surface area contributed by atoms with Crippen molar-refractivity contribution < 1.29 is 0 Å². The fourth-order valence-corrected chi connectivity index (χ4v) is 2.48. The maximum Gasteiger partial charge on any atom is 0.0952 e. The van der Waals surface area contributed by atoms with Gasteiger partial charge < -0.3 is 0 Å². The van der Waals surface area contributed by atoms with Gasteiger partial charge in [-0.25, -0.2) is 0 Å². The van der Waals surface area contributed by atoms with Gasteiger partial charge in [0.25, 0.3) is 0 Å². The minimum absolute atomic E-state index is 0.311. The van der Waals surface area contributed by atoms with Gasteiger partial charge in [0.15, 0.2) is 0 Å². The van der Waals surface area contributed by atoms with Crippen molar-refractivity contribution in [3.05, 3.63) is 22.8 Å². The van der Waals surface area contributed by atoms with Crippen LogP contribution in [-0.4, -0.2) is 0 Å². The number of hydrogen-bond donors (Lipinski definition) is 0. The maximum absolute atomic E-state index is 9.17. The molecule has 0 atom stereocenters. The minimum Gasteiger partial charge on any atom is -0.193 e. The number of allylic oxidation sites excluding steroid dienone is 4. The van der Waals surface area contributed by atoms with Gasteiger partial charge >= 0.3 is 0 Å². The zero-order valence-electron chi connectivity index (χ0n) is 10.5. The highest BCUT2D eigenvalue weighted by molar-refractivity contribution is 5.40. The predicted molar refractivity (Wildman–Crippen MR) is 64.2 cm³/mol. The van der Waals surface area contributed by atoms with Crippen LogP contribution in [0.5, 0.6) is 0 Å². The first kappa shape index (κ1) is 12.0. The van der Waals surface area contributed by atoms with Crippen molar-refractivity contribution in [2.24, 2.45) is 11.3 Å². The molecule has 0 bridgehead atoms. The quantitative estimate of drug-likeness (QED) is 0.585. The molecule has 1 aliphatic carbocycles. The number of rotatable bonds is 1. The van der Waals surface area contributed by atoms with Crippen molar-refractivity contribution >= 4 is 0 Å². The molecular formula is C14H21N. The molecule has 0 heterocycles. The molecule has 0 aliphatic heterocycles. The summed E-state index contributed by atoms with van der Waals surface area (Å²) in [5.74, 6) is 0.336. The van der Waals surface area contributed by atoms with Crippen LogP contribution in [0.2, 0.25) is 0 Å². The molecule has 0 saturated carbocycles. The van der Waals surface area contributed by atoms with Gasteiger partial charge in [-0.1, -0.05) is 39.3 Å². The standard InChI is InChI=1S/C14H21N/c1-10(2)13(9-15)12-6-11(3)7-14(4,5)8-12/h6,10H,7-8H2,1-5H3. The Kier molecular flexibility index (Phi) is 3.39. The Morgan fingerprint density at radius 2 is 2.00 bits per heavy atom. The molecule has 0 fully saturated rings. The molecule has 0 aromatic heterocycles. The van der Waals surface area contributed by atoms with E-state index in [2.05, 4.69) is 46.8 Å². The molecule has 0 aromatic rings. The van der Waals surface area contributed by atoms with E-state index >= 15 is 0 Å². The van der Waals surface area contributed by atoms with Gasteiger partial charge in [0.2, 0.25) is 0 Å². The summed E-state index contributed by atoms with van der Waals surface area (Å²) in [7, 11) is 0. The van der Waals surface area contributed by atoms with Crippen LogP contribution in [0.15, 0.2) is 22.8 Å². The lowest BCUT2D eigenvalue weighted by Crippen LogP contribution is -2.18. The molecule has 82 valence electrons. The molecule has 1 nitrogen and oxygen atoms in total. The summed E-state index contributed by atoms with van der Waals surface area (Å²) in [6.45, 7) is 10.9. The van der Waals surface area contributed by atoms with Gasteiger partial charge in [-0.2, -0.15) is 5.26 Å². The molecule has 0 unspecified atom stereocenters. The zero-order chi connectivity index (χ0) is 11.6. The molecule has 1 heteroatoms. The highest BCUT2D eigenvalue weighted by atomic mass is 14.3. The van der Waals surface area contributed by atoms with Crippen LogP contribution in [0, 0.1) is 22.7 Å². The largest absolute Gasteiger partial charge is 0.193 e. The Bertz CT molecular complexity index is 348. The van der Waals surface area contributed by atoms with Crippen LogP contribution in [0.4, 0.5) is 0 Å². The van der Waals surface area contributed by atoms with Gasteiger partial charge in [-0.3, -0.25) is 0 Å². The van der Waals surface area contributed by atoms with E-state index in [-0.39, 0.29) is 0 Å². The first-order chi connectivity index (χ1) is 6.85. The second-order valence-electron chi connectivity index (χ2n) is 5.71. The molecule has 0 spiro atoms. The number of hydrogen-bond acceptors (Lipinski definition) is 1. The van der Waals surface area contributed by atoms with E-state index in [1.54, 1.807) is 0 Å². The lowest BCUT2D eigenvalue weighted by Gasteiger charge is -2.31. The van der Waals surface area contributed by atoms with Crippen molar-refractivity contribution in [3.63, 3.8) is 0 Å². The van der Waals surface area contributed by atoms with Crippen LogP contribution < -0.4 is 0 Å². The Balaban J connectivity index is 3.16. The van der Waals surface area contributed by atoms with E-state index in [1.165, 1.54) is 11.1 Å². The van der Waals surface area contributed by atoms with Gasteiger partial charge in [-0.05, 0) is 36.7 Å². The third-order valence-electron chi connectivity index (χ3n) is 2.89. The van der Waals surface area contributed by atoms with E-state index in [0.29, 0.717) is 11.3 Å². The number of nitriles is 1. The number of nitrogens with zero attached hydrogens (tertiary/aromatic N) is 1. The minimum atomic E-state index is 0.311. The Morgan fingerprint density at radius 3 is 2.40 bits per heavy atom. The van der Waals surface area contributed by atoms with Crippen LogP contribution in [0.3, 0.4) is 0 Å². The SMILES string of the molecule is CC1=CC(=C(C#N)C(C)C)CC(C)(C)C1. The summed E-state index contributed by atoms with van der Waals surface area (Å²) >= 11 is 0. The van der Waals surface area contributed by atoms with Crippen molar-refractivity contribution in [2.75, 3.05) is 0 Å². The summed E-state index contributed by atoms with van der Waals surface area (Å²) < 4.78 is 0. The van der Waals surface area contributed by atoms with Crippen LogP contribution >= 0.6 is 0 Å². The highest BCUT2D eigenvalue weighted by Gasteiger charge is 2.25. The van der Waals surface area contributed by atoms with E-state index in [1.807, 2.05) is 0 Å². The van der Waals surface area contributed by atoms with Crippen molar-refractivity contribution in [2.45, 2.75) is 47.5 Å². The van der Waals surface area contributed by atoms with Crippen molar-refractivity contribution in [1.82, 2.24) is 0 Å². The lowest BCUT2D eigenvalue weighted by atomic mass is 9.74. The molecular weight excluding hydrogens is 182 g/mol. The Labute approximate surface area is 93.5 Å². The smallest absolute Gasteiger partial charge is 0.0952 e. The maximum atomic E-state index is 9.17. The first-order valence-electron chi connectivity index (χ1n) is 5.66. The zero-order valence-corrected chi connectivity index (χ0v) is 10.5. The van der Waals surface area contributed by atoms with Gasteiger partial charge in [0, 0.05) is 5.57 Å². The average Bonchev–Trinajstić information content (AvgIpc) is 1.99. The summed E-state index contributed by atoms with van der Waals surface area (Å²) in [5.41, 5.74) is 3.92. The first-order valence-corrected chi connectivity index (χ1v) is 5.66. The Morgan fingerprint density at radius 1 is 1.40 bits per heavy atom. The third kappa shape index (κ3) is 2.96. The summed E-state index contributed by atoms with van der Waals surface area (Å²) in [6, 6.07) is 2.36. The molecule has 0 aromatic carbocycles. The van der Waals surface area contributed by atoms with E-state index in [0.717, 1.165) is 18.4 Å². The topological polar surface area (TPSA) is 23.8 Å². The lowest BCUT2D eigenvalue weighted by molar-refractivity contribution is 0.350. The fourth-order valence-electron chi connectivity index (χ4n) is 2.48. The summed E-state index contributed by atoms with van der Waals surface area (Å²) in [6.07, 6.45) is 4.39. The summed E-state index contributed by atoms with van der Waals surface area (Å²) in [5, 5.41) is 9.17. The van der Waals surface area contributed by atoms with Crippen LogP contribution in [-0.2, 0) is 0 Å². The molecule has 0 N–H and O–H groups in total. The van der Waals surface area contributed by atoms with E-state index < -0.39 is 0 Å². The third-order valence-corrected chi connectivity index (χ3v) is 2.89. The molecule has 0 saturated heterocycles. The van der Waals surface area contributed by atoms with Crippen LogP contribution in [0.25, 0.3) is 0 Å². The van der Waals surface area contributed by atoms with Crippen molar-refractivity contribution in [1.29, 1.82) is 5.26 Å². The summed E-state index contributed by atoms with van der Waals surface area (Å²) in [4.78, 5) is 0. The van der Waals surface area contributed by atoms with Gasteiger partial charge in [-0.15, -0.1) is 0 Å². The fraction of sp³-hybridized carbons (Fsp3) is 0.643. The van der Waals surface area contributed by atoms with Crippen LogP contribution in [0.1, 0.15) is 47.5 Å². The highest BCUT2D eigenvalue weighted by Crippen LogP contribution is 2.39. The Hall–Kier alpha value is -1.03. The van der Waals surface area contributed by atoms with E-state index in [9.17, 15) is 0 Å². The van der Waals surface area contributed by atoms with Gasteiger partial charge in [0.1, 0.15) is 0 Å². The average molecular weight is 203 g/mol. The van der Waals surface area contributed by atoms with Gasteiger partial charge in [0.05, 0.1) is 6.07 Å². The monoisotopic (exact) mass is 203 g/mol. The molecule has 0 amide bonds. The molecule has 0 radical (unpaired) electrons. The van der Waals surface area contributed by atoms with Crippen molar-refractivity contribution in [3.8, 4) is 6.07 Å². The molecule has 1 aliphatic rings. The second-order valence-corrected chi connectivity index (χ2v) is 5.71. The normalized spacial score (nSPS) is 23.4. The van der Waals surface area contributed by atoms with E-state index in [4.69, 9.17) is 5.26 Å². The molecule has 15 heavy (non-hydrogen) atoms. The molecule has 1 rings (SSSR count). The predicted octanol–water partition coefficient (Wildman–Crippen LogP) is 4.23. The second kappa shape index (κ2) is 4.23.